The molecule has 2 saturated heterocycles. The molecular formula is C34H34O8S. The summed E-state index contributed by atoms with van der Waals surface area (Å²) in [4.78, 5) is 0.0268. The second-order valence-electron chi connectivity index (χ2n) is 10.6. The SMILES string of the molecule is Cc1ccc(S(=O)(=O)O[C@H]2[C@@H](OCc3ccccc3)O[C@@H]3COC(c4ccccc4)O[C@H]3[C@@H]2OCc2ccccc2)cc1. The molecule has 224 valence electrons. The van der Waals surface area contributed by atoms with E-state index in [0.29, 0.717) is 0 Å². The summed E-state index contributed by atoms with van der Waals surface area (Å²) in [7, 11) is -4.24. The van der Waals surface area contributed by atoms with Gasteiger partial charge in [-0.15, -0.1) is 0 Å². The van der Waals surface area contributed by atoms with Crippen molar-refractivity contribution in [3.63, 3.8) is 0 Å². The summed E-state index contributed by atoms with van der Waals surface area (Å²) < 4.78 is 64.8. The lowest BCUT2D eigenvalue weighted by atomic mass is 9.97. The summed E-state index contributed by atoms with van der Waals surface area (Å²) >= 11 is 0. The highest BCUT2D eigenvalue weighted by Gasteiger charge is 2.53. The number of aryl methyl sites for hydroxylation is 1. The van der Waals surface area contributed by atoms with E-state index < -0.39 is 47.1 Å². The maximum absolute atomic E-state index is 13.6. The van der Waals surface area contributed by atoms with Crippen molar-refractivity contribution < 1.29 is 36.3 Å². The molecule has 8 nitrogen and oxygen atoms in total. The van der Waals surface area contributed by atoms with Gasteiger partial charge in [-0.2, -0.15) is 8.42 Å². The van der Waals surface area contributed by atoms with E-state index in [1.807, 2.05) is 97.9 Å². The molecule has 4 aromatic carbocycles. The van der Waals surface area contributed by atoms with Gasteiger partial charge in [0.1, 0.15) is 18.3 Å². The summed E-state index contributed by atoms with van der Waals surface area (Å²) in [6.07, 6.45) is -5.15. The van der Waals surface area contributed by atoms with Crippen molar-refractivity contribution >= 4 is 10.1 Å². The Morgan fingerprint density at radius 2 is 1.28 bits per heavy atom. The highest BCUT2D eigenvalue weighted by atomic mass is 32.2. The van der Waals surface area contributed by atoms with E-state index in [0.717, 1.165) is 22.3 Å². The van der Waals surface area contributed by atoms with Gasteiger partial charge in [-0.1, -0.05) is 109 Å². The van der Waals surface area contributed by atoms with Crippen LogP contribution in [-0.4, -0.2) is 45.7 Å². The predicted octanol–water partition coefficient (Wildman–Crippen LogP) is 5.71. The van der Waals surface area contributed by atoms with Crippen molar-refractivity contribution in [1.29, 1.82) is 0 Å². The van der Waals surface area contributed by atoms with E-state index in [2.05, 4.69) is 0 Å². The molecule has 0 spiro atoms. The highest BCUT2D eigenvalue weighted by Crippen LogP contribution is 2.38. The van der Waals surface area contributed by atoms with Crippen LogP contribution in [0.3, 0.4) is 0 Å². The molecule has 6 rings (SSSR count). The normalized spacial score (nSPS) is 25.6. The minimum atomic E-state index is -4.24. The Bertz CT molecular complexity index is 1550. The summed E-state index contributed by atoms with van der Waals surface area (Å²) in [6, 6.07) is 35.3. The van der Waals surface area contributed by atoms with Gasteiger partial charge in [-0.3, -0.25) is 4.18 Å². The van der Waals surface area contributed by atoms with Crippen LogP contribution in [0.4, 0.5) is 0 Å². The molecular weight excluding hydrogens is 568 g/mol. The van der Waals surface area contributed by atoms with Crippen LogP contribution >= 0.6 is 0 Å². The van der Waals surface area contributed by atoms with Crippen LogP contribution in [0.1, 0.15) is 28.5 Å². The lowest BCUT2D eigenvalue weighted by molar-refractivity contribution is -0.364. The summed E-state index contributed by atoms with van der Waals surface area (Å²) in [6.45, 7) is 2.45. The zero-order valence-corrected chi connectivity index (χ0v) is 24.5. The molecule has 0 N–H and O–H groups in total. The maximum Gasteiger partial charge on any atom is 0.297 e. The molecule has 9 heteroatoms. The second-order valence-corrected chi connectivity index (χ2v) is 12.2. The van der Waals surface area contributed by atoms with Crippen LogP contribution < -0.4 is 0 Å². The molecule has 4 aromatic rings. The first-order valence-corrected chi connectivity index (χ1v) is 15.7. The van der Waals surface area contributed by atoms with Crippen molar-refractivity contribution in [3.05, 3.63) is 138 Å². The third-order valence-corrected chi connectivity index (χ3v) is 8.77. The molecule has 6 atom stereocenters. The molecule has 0 bridgehead atoms. The molecule has 0 saturated carbocycles. The average molecular weight is 603 g/mol. The fourth-order valence-corrected chi connectivity index (χ4v) is 6.25. The number of fused-ring (bicyclic) bond motifs is 1. The summed E-state index contributed by atoms with van der Waals surface area (Å²) in [5.41, 5.74) is 3.57. The van der Waals surface area contributed by atoms with Gasteiger partial charge in [0.25, 0.3) is 10.1 Å². The smallest absolute Gasteiger partial charge is 0.297 e. The Morgan fingerprint density at radius 3 is 1.91 bits per heavy atom. The van der Waals surface area contributed by atoms with E-state index >= 15 is 0 Å². The van der Waals surface area contributed by atoms with Crippen LogP contribution in [-0.2, 0) is 51.2 Å². The van der Waals surface area contributed by atoms with Gasteiger partial charge in [0.05, 0.1) is 24.7 Å². The third kappa shape index (κ3) is 7.22. The van der Waals surface area contributed by atoms with Gasteiger partial charge < -0.3 is 23.7 Å². The maximum atomic E-state index is 13.6. The van der Waals surface area contributed by atoms with Crippen molar-refractivity contribution in [2.45, 2.75) is 62.0 Å². The minimum Gasteiger partial charge on any atom is -0.368 e. The Labute approximate surface area is 252 Å². The topological polar surface area (TPSA) is 89.5 Å². The number of ether oxygens (including phenoxy) is 5. The molecule has 2 heterocycles. The van der Waals surface area contributed by atoms with Gasteiger partial charge in [0, 0.05) is 5.56 Å². The van der Waals surface area contributed by atoms with E-state index in [-0.39, 0.29) is 24.7 Å². The van der Waals surface area contributed by atoms with Crippen LogP contribution in [0.25, 0.3) is 0 Å². The predicted molar refractivity (Wildman–Crippen MR) is 158 cm³/mol. The third-order valence-electron chi connectivity index (χ3n) is 7.45. The zero-order valence-electron chi connectivity index (χ0n) is 23.7. The van der Waals surface area contributed by atoms with Gasteiger partial charge in [-0.05, 0) is 30.2 Å². The quantitative estimate of drug-likeness (QED) is 0.213. The van der Waals surface area contributed by atoms with Crippen molar-refractivity contribution in [2.75, 3.05) is 6.61 Å². The van der Waals surface area contributed by atoms with Gasteiger partial charge in [-0.25, -0.2) is 0 Å². The molecule has 0 aromatic heterocycles. The summed E-state index contributed by atoms with van der Waals surface area (Å²) in [5, 5.41) is 0. The van der Waals surface area contributed by atoms with E-state index in [4.69, 9.17) is 27.9 Å². The number of hydrogen-bond donors (Lipinski definition) is 0. The van der Waals surface area contributed by atoms with E-state index in [9.17, 15) is 8.42 Å². The molecule has 0 radical (unpaired) electrons. The molecule has 2 fully saturated rings. The molecule has 1 unspecified atom stereocenters. The first-order chi connectivity index (χ1) is 21.0. The monoisotopic (exact) mass is 602 g/mol. The lowest BCUT2D eigenvalue weighted by Crippen LogP contribution is -2.63. The van der Waals surface area contributed by atoms with Crippen LogP contribution in [0.15, 0.2) is 120 Å². The van der Waals surface area contributed by atoms with Crippen LogP contribution in [0.2, 0.25) is 0 Å². The second kappa shape index (κ2) is 13.5. The van der Waals surface area contributed by atoms with Crippen LogP contribution in [0.5, 0.6) is 0 Å². The van der Waals surface area contributed by atoms with Crippen molar-refractivity contribution in [3.8, 4) is 0 Å². The standard InChI is InChI=1S/C34H34O8S/c1-24-17-19-28(20-18-24)43(35,36)42-32-31(37-21-25-11-5-2-6-12-25)30-29(23-39-33(41-30)27-15-9-4-10-16-27)40-34(32)38-22-26-13-7-3-8-14-26/h2-20,29-34H,21-23H2,1H3/t29-,30-,31+,32-,33?,34+/m1/s1. The zero-order chi connectivity index (χ0) is 29.6. The van der Waals surface area contributed by atoms with Gasteiger partial charge in [0.15, 0.2) is 18.7 Å². The van der Waals surface area contributed by atoms with Crippen molar-refractivity contribution in [1.82, 2.24) is 0 Å². The number of benzene rings is 4. The summed E-state index contributed by atoms with van der Waals surface area (Å²) in [5.74, 6) is 0. The Balaban J connectivity index is 1.34. The van der Waals surface area contributed by atoms with Gasteiger partial charge >= 0.3 is 0 Å². The van der Waals surface area contributed by atoms with Gasteiger partial charge in [0.2, 0.25) is 0 Å². The number of hydrogen-bond acceptors (Lipinski definition) is 8. The fraction of sp³-hybridized carbons (Fsp3) is 0.294. The largest absolute Gasteiger partial charge is 0.368 e. The minimum absolute atomic E-state index is 0.0268. The molecule has 2 aliphatic rings. The molecule has 0 amide bonds. The molecule has 0 aliphatic carbocycles. The number of rotatable bonds is 10. The Kier molecular flexibility index (Phi) is 9.30. The lowest BCUT2D eigenvalue weighted by Gasteiger charge is -2.48. The Hall–Kier alpha value is -3.41. The first-order valence-electron chi connectivity index (χ1n) is 14.2. The highest BCUT2D eigenvalue weighted by molar-refractivity contribution is 7.86. The van der Waals surface area contributed by atoms with Crippen molar-refractivity contribution in [2.24, 2.45) is 0 Å². The molecule has 43 heavy (non-hydrogen) atoms. The van der Waals surface area contributed by atoms with E-state index in [1.165, 1.54) is 12.1 Å². The first kappa shape index (κ1) is 29.7. The van der Waals surface area contributed by atoms with E-state index in [1.54, 1.807) is 12.1 Å². The average Bonchev–Trinajstić information content (AvgIpc) is 3.04. The fourth-order valence-electron chi connectivity index (χ4n) is 5.18. The molecule has 2 aliphatic heterocycles. The van der Waals surface area contributed by atoms with Crippen LogP contribution in [0, 0.1) is 6.92 Å². The Morgan fingerprint density at radius 1 is 0.698 bits per heavy atom.